The summed E-state index contributed by atoms with van der Waals surface area (Å²) in [5.41, 5.74) is 0.739. The lowest BCUT2D eigenvalue weighted by Gasteiger charge is -2.27. The van der Waals surface area contributed by atoms with Crippen molar-refractivity contribution in [2.45, 2.75) is 32.0 Å². The lowest BCUT2D eigenvalue weighted by molar-refractivity contribution is -0.120. The third kappa shape index (κ3) is 3.62. The molecule has 0 radical (unpaired) electrons. The molecule has 0 aromatic heterocycles. The Labute approximate surface area is 114 Å². The molecule has 0 N–H and O–H groups in total. The summed E-state index contributed by atoms with van der Waals surface area (Å²) in [6.07, 6.45) is -2.80. The number of alkyl halides is 3. The number of hydrogen-bond acceptors (Lipinski definition) is 2. The fourth-order valence-corrected chi connectivity index (χ4v) is 2.24. The van der Waals surface area contributed by atoms with E-state index in [0.29, 0.717) is 11.3 Å². The predicted molar refractivity (Wildman–Crippen MR) is 67.9 cm³/mol. The molecular weight excluding hydrogens is 279 g/mol. The third-order valence-electron chi connectivity index (χ3n) is 3.00. The van der Waals surface area contributed by atoms with Gasteiger partial charge in [0.05, 0.1) is 10.7 Å². The molecule has 104 valence electrons. The van der Waals surface area contributed by atoms with Crippen LogP contribution in [-0.4, -0.2) is 24.5 Å². The van der Waals surface area contributed by atoms with E-state index >= 15 is 0 Å². The van der Waals surface area contributed by atoms with Gasteiger partial charge < -0.3 is 4.90 Å². The molecular formula is C13H13ClF3NO. The average molecular weight is 292 g/mol. The Kier molecular flexibility index (Phi) is 3.76. The number of halogens is 4. The number of hydrogen-bond donors (Lipinski definition) is 0. The molecule has 0 atom stereocenters. The number of carbonyl (C=O) groups is 1. The van der Waals surface area contributed by atoms with E-state index < -0.39 is 12.7 Å². The normalized spacial score (nSPS) is 15.4. The van der Waals surface area contributed by atoms with E-state index in [2.05, 4.69) is 0 Å². The number of nitrogens with zero attached hydrogens (tertiary/aromatic N) is 1. The molecule has 1 saturated carbocycles. The van der Waals surface area contributed by atoms with E-state index in [4.69, 9.17) is 11.6 Å². The van der Waals surface area contributed by atoms with Crippen molar-refractivity contribution < 1.29 is 18.0 Å². The minimum Gasteiger partial charge on any atom is -0.358 e. The molecule has 1 aromatic rings. The molecule has 2 nitrogen and oxygen atoms in total. The summed E-state index contributed by atoms with van der Waals surface area (Å²) in [6, 6.07) is 4.31. The average Bonchev–Trinajstić information content (AvgIpc) is 3.08. The molecule has 1 aliphatic rings. The Hall–Kier alpha value is -1.23. The maximum absolute atomic E-state index is 12.6. The van der Waals surface area contributed by atoms with Crippen LogP contribution < -0.4 is 4.90 Å². The van der Waals surface area contributed by atoms with Crippen molar-refractivity contribution in [2.24, 2.45) is 0 Å². The van der Waals surface area contributed by atoms with Gasteiger partial charge in [0.15, 0.2) is 5.78 Å². The summed E-state index contributed by atoms with van der Waals surface area (Å²) in [5.74, 6) is -0.165. The Morgan fingerprint density at radius 3 is 2.47 bits per heavy atom. The fourth-order valence-electron chi connectivity index (χ4n) is 1.95. The molecule has 0 aliphatic heterocycles. The van der Waals surface area contributed by atoms with Crippen LogP contribution >= 0.6 is 11.6 Å². The molecule has 0 saturated heterocycles. The molecule has 6 heteroatoms. The van der Waals surface area contributed by atoms with Crippen molar-refractivity contribution >= 4 is 23.1 Å². The van der Waals surface area contributed by atoms with Gasteiger partial charge in [-0.15, -0.1) is 0 Å². The largest absolute Gasteiger partial charge is 0.405 e. The Bertz CT molecular complexity index is 497. The Morgan fingerprint density at radius 2 is 2.05 bits per heavy atom. The van der Waals surface area contributed by atoms with Gasteiger partial charge in [0.1, 0.15) is 6.54 Å². The number of carbonyl (C=O) groups excluding carboxylic acids is 1. The Morgan fingerprint density at radius 1 is 1.42 bits per heavy atom. The molecule has 1 aliphatic carbocycles. The maximum atomic E-state index is 12.6. The van der Waals surface area contributed by atoms with Crippen LogP contribution in [0.3, 0.4) is 0 Å². The summed E-state index contributed by atoms with van der Waals surface area (Å²) < 4.78 is 37.7. The van der Waals surface area contributed by atoms with Crippen LogP contribution in [0.4, 0.5) is 18.9 Å². The summed E-state index contributed by atoms with van der Waals surface area (Å²) in [4.78, 5) is 12.5. The second-order valence-corrected chi connectivity index (χ2v) is 5.10. The van der Waals surface area contributed by atoms with Crippen molar-refractivity contribution in [2.75, 3.05) is 11.4 Å². The first-order valence-corrected chi connectivity index (χ1v) is 6.29. The highest BCUT2D eigenvalue weighted by atomic mass is 35.5. The second-order valence-electron chi connectivity index (χ2n) is 4.70. The SMILES string of the molecule is CC(=O)c1ccc(N(CC(F)(F)F)C2CC2)c(Cl)c1. The summed E-state index contributed by atoms with van der Waals surface area (Å²) in [7, 11) is 0. The van der Waals surface area contributed by atoms with Crippen LogP contribution in [0.25, 0.3) is 0 Å². The first-order valence-electron chi connectivity index (χ1n) is 5.92. The fraction of sp³-hybridized carbons (Fsp3) is 0.462. The molecule has 0 bridgehead atoms. The Balaban J connectivity index is 2.29. The van der Waals surface area contributed by atoms with Gasteiger partial charge in [-0.1, -0.05) is 11.6 Å². The topological polar surface area (TPSA) is 20.3 Å². The zero-order valence-corrected chi connectivity index (χ0v) is 11.1. The van der Waals surface area contributed by atoms with Gasteiger partial charge in [0.25, 0.3) is 0 Å². The first-order chi connectivity index (χ1) is 8.78. The van der Waals surface area contributed by atoms with E-state index in [1.165, 1.54) is 30.0 Å². The standard InChI is InChI=1S/C13H13ClF3NO/c1-8(19)9-2-5-12(11(14)6-9)18(10-3-4-10)7-13(15,16)17/h2,5-6,10H,3-4,7H2,1H3. The van der Waals surface area contributed by atoms with Crippen LogP contribution in [0, 0.1) is 0 Å². The van der Waals surface area contributed by atoms with Gasteiger partial charge in [0.2, 0.25) is 0 Å². The van der Waals surface area contributed by atoms with E-state index in [0.717, 1.165) is 12.8 Å². The smallest absolute Gasteiger partial charge is 0.358 e. The van der Waals surface area contributed by atoms with E-state index in [1.54, 1.807) is 0 Å². The summed E-state index contributed by atoms with van der Waals surface area (Å²) in [5, 5.41) is 0.184. The number of Topliss-reactive ketones (excluding diaryl/α,β-unsaturated/α-hetero) is 1. The monoisotopic (exact) mass is 291 g/mol. The van der Waals surface area contributed by atoms with Gasteiger partial charge in [0, 0.05) is 11.6 Å². The molecule has 1 fully saturated rings. The lowest BCUT2D eigenvalue weighted by atomic mass is 10.1. The van der Waals surface area contributed by atoms with E-state index in [1.807, 2.05) is 0 Å². The van der Waals surface area contributed by atoms with Gasteiger partial charge in [-0.2, -0.15) is 13.2 Å². The van der Waals surface area contributed by atoms with Crippen LogP contribution in [0.2, 0.25) is 5.02 Å². The minimum atomic E-state index is -4.27. The van der Waals surface area contributed by atoms with E-state index in [9.17, 15) is 18.0 Å². The molecule has 0 heterocycles. The van der Waals surface area contributed by atoms with Crippen molar-refractivity contribution in [3.8, 4) is 0 Å². The molecule has 1 aromatic carbocycles. The molecule has 0 amide bonds. The van der Waals surface area contributed by atoms with Gasteiger partial charge >= 0.3 is 6.18 Å². The quantitative estimate of drug-likeness (QED) is 0.779. The van der Waals surface area contributed by atoms with Crippen molar-refractivity contribution in [3.63, 3.8) is 0 Å². The zero-order valence-electron chi connectivity index (χ0n) is 10.3. The summed E-state index contributed by atoms with van der Waals surface area (Å²) in [6.45, 7) is 0.372. The lowest BCUT2D eigenvalue weighted by Crippen LogP contribution is -2.36. The molecule has 19 heavy (non-hydrogen) atoms. The van der Waals surface area contributed by atoms with E-state index in [-0.39, 0.29) is 16.8 Å². The number of anilines is 1. The highest BCUT2D eigenvalue weighted by molar-refractivity contribution is 6.33. The summed E-state index contributed by atoms with van der Waals surface area (Å²) >= 11 is 6.01. The van der Waals surface area contributed by atoms with Gasteiger partial charge in [-0.05, 0) is 38.0 Å². The minimum absolute atomic E-state index is 0.109. The number of ketones is 1. The van der Waals surface area contributed by atoms with Gasteiger partial charge in [-0.25, -0.2) is 0 Å². The highest BCUT2D eigenvalue weighted by Crippen LogP contribution is 2.38. The van der Waals surface area contributed by atoms with Crippen LogP contribution in [0.15, 0.2) is 18.2 Å². The molecule has 0 spiro atoms. The number of benzene rings is 1. The molecule has 0 unspecified atom stereocenters. The number of rotatable bonds is 4. The van der Waals surface area contributed by atoms with Crippen molar-refractivity contribution in [3.05, 3.63) is 28.8 Å². The first kappa shape index (κ1) is 14.2. The second kappa shape index (κ2) is 5.04. The van der Waals surface area contributed by atoms with Crippen molar-refractivity contribution in [1.29, 1.82) is 0 Å². The highest BCUT2D eigenvalue weighted by Gasteiger charge is 2.38. The predicted octanol–water partition coefficient (Wildman–Crippen LogP) is 4.07. The van der Waals surface area contributed by atoms with Crippen molar-refractivity contribution in [1.82, 2.24) is 0 Å². The van der Waals surface area contributed by atoms with Gasteiger partial charge in [-0.3, -0.25) is 4.79 Å². The third-order valence-corrected chi connectivity index (χ3v) is 3.30. The zero-order chi connectivity index (χ0) is 14.2. The van der Waals surface area contributed by atoms with Crippen LogP contribution in [-0.2, 0) is 0 Å². The maximum Gasteiger partial charge on any atom is 0.405 e. The van der Waals surface area contributed by atoms with Crippen LogP contribution in [0.1, 0.15) is 30.1 Å². The molecule has 2 rings (SSSR count). The van der Waals surface area contributed by atoms with Crippen LogP contribution in [0.5, 0.6) is 0 Å².